The first-order chi connectivity index (χ1) is 10.8. The zero-order chi connectivity index (χ0) is 17.0. The molecule has 5 nitrogen and oxygen atoms in total. The molecule has 2 N–H and O–H groups in total. The maximum atomic E-state index is 12.2. The van der Waals surface area contributed by atoms with Crippen LogP contribution in [0.15, 0.2) is 51.8 Å². The molecule has 0 saturated carbocycles. The van der Waals surface area contributed by atoms with Gasteiger partial charge in [0.05, 0.1) is 11.4 Å². The molecule has 2 aromatic rings. The summed E-state index contributed by atoms with van der Waals surface area (Å²) in [4.78, 5) is 12.1. The summed E-state index contributed by atoms with van der Waals surface area (Å²) in [6.45, 7) is 3.34. The van der Waals surface area contributed by atoms with E-state index in [2.05, 4.69) is 26.0 Å². The lowest BCUT2D eigenvalue weighted by Gasteiger charge is -2.10. The molecule has 0 radical (unpaired) electrons. The number of benzene rings is 2. The number of carbonyl (C=O) groups is 1. The number of carbonyl (C=O) groups excluding carboxylic acids is 1. The molecule has 122 valence electrons. The molecule has 0 aromatic heterocycles. The smallest absolute Gasteiger partial charge is 0.241 e. The predicted molar refractivity (Wildman–Crippen MR) is 93.9 cm³/mol. The van der Waals surface area contributed by atoms with Crippen LogP contribution in [0.5, 0.6) is 0 Å². The lowest BCUT2D eigenvalue weighted by Crippen LogP contribution is -2.33. The normalized spacial score (nSPS) is 11.3. The van der Waals surface area contributed by atoms with E-state index >= 15 is 0 Å². The van der Waals surface area contributed by atoms with Gasteiger partial charge in [0.2, 0.25) is 15.9 Å². The fourth-order valence-electron chi connectivity index (χ4n) is 1.99. The summed E-state index contributed by atoms with van der Waals surface area (Å²) in [7, 11) is -3.71. The molecule has 0 atom stereocenters. The molecule has 0 unspecified atom stereocenters. The second kappa shape index (κ2) is 7.25. The molecule has 1 amide bonds. The van der Waals surface area contributed by atoms with Crippen LogP contribution in [0.1, 0.15) is 11.1 Å². The second-order valence-corrected chi connectivity index (χ2v) is 7.83. The predicted octanol–water partition coefficient (Wildman–Crippen LogP) is 2.98. The molecule has 0 aliphatic carbocycles. The molecule has 0 aliphatic rings. The van der Waals surface area contributed by atoms with Crippen molar-refractivity contribution in [3.8, 4) is 0 Å². The van der Waals surface area contributed by atoms with Gasteiger partial charge >= 0.3 is 0 Å². The van der Waals surface area contributed by atoms with Crippen LogP contribution in [-0.2, 0) is 14.8 Å². The van der Waals surface area contributed by atoms with E-state index in [0.717, 1.165) is 15.6 Å². The monoisotopic (exact) mass is 396 g/mol. The minimum atomic E-state index is -3.71. The number of hydrogen-bond acceptors (Lipinski definition) is 3. The van der Waals surface area contributed by atoms with E-state index in [9.17, 15) is 13.2 Å². The maximum absolute atomic E-state index is 12.2. The summed E-state index contributed by atoms with van der Waals surface area (Å²) in [5.41, 5.74) is 2.37. The van der Waals surface area contributed by atoms with E-state index in [1.165, 1.54) is 6.07 Å². The lowest BCUT2D eigenvalue weighted by atomic mass is 10.2. The van der Waals surface area contributed by atoms with Gasteiger partial charge in [0.25, 0.3) is 0 Å². The Bertz CT molecular complexity index is 835. The molecule has 2 aromatic carbocycles. The molecule has 2 rings (SSSR count). The lowest BCUT2D eigenvalue weighted by molar-refractivity contribution is -0.115. The summed E-state index contributed by atoms with van der Waals surface area (Å²) in [5, 5.41) is 2.69. The van der Waals surface area contributed by atoms with Crippen molar-refractivity contribution in [1.29, 1.82) is 0 Å². The topological polar surface area (TPSA) is 75.3 Å². The highest BCUT2D eigenvalue weighted by Crippen LogP contribution is 2.19. The van der Waals surface area contributed by atoms with Crippen molar-refractivity contribution in [2.45, 2.75) is 18.7 Å². The standard InChI is InChI=1S/C16H17BrN2O3S/c1-11-4-3-5-14(8-11)23(21,22)18-10-16(20)19-15-7-6-13(17)9-12(15)2/h3-9,18H,10H2,1-2H3,(H,19,20). The van der Waals surface area contributed by atoms with Gasteiger partial charge in [-0.05, 0) is 55.3 Å². The summed E-state index contributed by atoms with van der Waals surface area (Å²) >= 11 is 3.35. The van der Waals surface area contributed by atoms with Crippen molar-refractivity contribution in [2.24, 2.45) is 0 Å². The van der Waals surface area contributed by atoms with Gasteiger partial charge in [0.1, 0.15) is 0 Å². The zero-order valence-corrected chi connectivity index (χ0v) is 15.2. The van der Waals surface area contributed by atoms with Crippen LogP contribution in [0.2, 0.25) is 0 Å². The Kier molecular flexibility index (Phi) is 5.56. The van der Waals surface area contributed by atoms with Crippen LogP contribution in [0, 0.1) is 13.8 Å². The molecule has 0 fully saturated rings. The Morgan fingerprint density at radius 1 is 1.13 bits per heavy atom. The molecule has 0 heterocycles. The molecule has 0 saturated heterocycles. The number of rotatable bonds is 5. The van der Waals surface area contributed by atoms with Crippen LogP contribution < -0.4 is 10.0 Å². The Morgan fingerprint density at radius 3 is 2.52 bits per heavy atom. The molecule has 0 bridgehead atoms. The number of halogens is 1. The number of anilines is 1. The quantitative estimate of drug-likeness (QED) is 0.815. The third kappa shape index (κ3) is 4.89. The first kappa shape index (κ1) is 17.7. The van der Waals surface area contributed by atoms with Gasteiger partial charge in [-0.2, -0.15) is 0 Å². The largest absolute Gasteiger partial charge is 0.325 e. The highest BCUT2D eigenvalue weighted by Gasteiger charge is 2.15. The Morgan fingerprint density at radius 2 is 1.87 bits per heavy atom. The highest BCUT2D eigenvalue weighted by atomic mass is 79.9. The summed E-state index contributed by atoms with van der Waals surface area (Å²) in [6, 6.07) is 11.9. The van der Waals surface area contributed by atoms with E-state index in [0.29, 0.717) is 5.69 Å². The fraction of sp³-hybridized carbons (Fsp3) is 0.188. The molecular formula is C16H17BrN2O3S. The fourth-order valence-corrected chi connectivity index (χ4v) is 3.55. The van der Waals surface area contributed by atoms with Crippen molar-refractivity contribution in [1.82, 2.24) is 4.72 Å². The van der Waals surface area contributed by atoms with E-state index in [4.69, 9.17) is 0 Å². The summed E-state index contributed by atoms with van der Waals surface area (Å²) < 4.78 is 27.5. The van der Waals surface area contributed by atoms with Gasteiger partial charge in [0, 0.05) is 10.2 Å². The van der Waals surface area contributed by atoms with Crippen LogP contribution in [0.25, 0.3) is 0 Å². The van der Waals surface area contributed by atoms with Gasteiger partial charge in [0.15, 0.2) is 0 Å². The van der Waals surface area contributed by atoms with Crippen LogP contribution >= 0.6 is 15.9 Å². The molecule has 0 aliphatic heterocycles. The molecule has 23 heavy (non-hydrogen) atoms. The average Bonchev–Trinajstić information content (AvgIpc) is 2.48. The van der Waals surface area contributed by atoms with Crippen LogP contribution in [-0.4, -0.2) is 20.9 Å². The summed E-state index contributed by atoms with van der Waals surface area (Å²) in [5.74, 6) is -0.424. The average molecular weight is 397 g/mol. The van der Waals surface area contributed by atoms with Gasteiger partial charge in [-0.25, -0.2) is 13.1 Å². The Hall–Kier alpha value is -1.70. The van der Waals surface area contributed by atoms with Crippen molar-refractivity contribution in [3.63, 3.8) is 0 Å². The molecular weight excluding hydrogens is 380 g/mol. The van der Waals surface area contributed by atoms with Gasteiger partial charge in [-0.1, -0.05) is 28.1 Å². The Balaban J connectivity index is 2.01. The van der Waals surface area contributed by atoms with Gasteiger partial charge < -0.3 is 5.32 Å². The third-order valence-electron chi connectivity index (χ3n) is 3.19. The highest BCUT2D eigenvalue weighted by molar-refractivity contribution is 9.10. The van der Waals surface area contributed by atoms with E-state index in [-0.39, 0.29) is 11.4 Å². The van der Waals surface area contributed by atoms with Crippen molar-refractivity contribution in [3.05, 3.63) is 58.1 Å². The van der Waals surface area contributed by atoms with Crippen molar-refractivity contribution >= 4 is 37.5 Å². The van der Waals surface area contributed by atoms with Crippen LogP contribution in [0.3, 0.4) is 0 Å². The SMILES string of the molecule is Cc1cccc(S(=O)(=O)NCC(=O)Nc2ccc(Br)cc2C)c1. The minimum absolute atomic E-state index is 0.144. The van der Waals surface area contributed by atoms with Gasteiger partial charge in [-0.3, -0.25) is 4.79 Å². The first-order valence-electron chi connectivity index (χ1n) is 6.90. The maximum Gasteiger partial charge on any atom is 0.241 e. The number of aryl methyl sites for hydroxylation is 2. The number of nitrogens with one attached hydrogen (secondary N) is 2. The zero-order valence-electron chi connectivity index (χ0n) is 12.8. The summed E-state index contributed by atoms with van der Waals surface area (Å²) in [6.07, 6.45) is 0. The van der Waals surface area contributed by atoms with E-state index < -0.39 is 15.9 Å². The van der Waals surface area contributed by atoms with Crippen LogP contribution in [0.4, 0.5) is 5.69 Å². The van der Waals surface area contributed by atoms with Crippen molar-refractivity contribution < 1.29 is 13.2 Å². The van der Waals surface area contributed by atoms with Crippen molar-refractivity contribution in [2.75, 3.05) is 11.9 Å². The second-order valence-electron chi connectivity index (χ2n) is 5.15. The molecule has 7 heteroatoms. The third-order valence-corrected chi connectivity index (χ3v) is 5.08. The Labute approximate surface area is 144 Å². The minimum Gasteiger partial charge on any atom is -0.325 e. The number of sulfonamides is 1. The van der Waals surface area contributed by atoms with Gasteiger partial charge in [-0.15, -0.1) is 0 Å². The van der Waals surface area contributed by atoms with E-state index in [1.807, 2.05) is 26.0 Å². The number of hydrogen-bond donors (Lipinski definition) is 2. The molecule has 0 spiro atoms. The number of amides is 1. The van der Waals surface area contributed by atoms with E-state index in [1.54, 1.807) is 24.3 Å². The first-order valence-corrected chi connectivity index (χ1v) is 9.18.